The van der Waals surface area contributed by atoms with Gasteiger partial charge in [0.05, 0.1) is 6.61 Å². The molecular formula is C19H22ClNO2. The van der Waals surface area contributed by atoms with Crippen LogP contribution in [0.4, 0.5) is 0 Å². The van der Waals surface area contributed by atoms with Crippen LogP contribution in [0.1, 0.15) is 29.5 Å². The van der Waals surface area contributed by atoms with Gasteiger partial charge in [0.15, 0.2) is 0 Å². The summed E-state index contributed by atoms with van der Waals surface area (Å²) >= 11 is 5.91. The molecule has 0 bridgehead atoms. The summed E-state index contributed by atoms with van der Waals surface area (Å²) in [7, 11) is 0. The lowest BCUT2D eigenvalue weighted by Gasteiger charge is -2.09. The monoisotopic (exact) mass is 331 g/mol. The highest BCUT2D eigenvalue weighted by molar-refractivity contribution is 6.30. The molecule has 2 aromatic carbocycles. The van der Waals surface area contributed by atoms with Crippen molar-refractivity contribution in [3.05, 3.63) is 64.2 Å². The van der Waals surface area contributed by atoms with Crippen LogP contribution >= 0.6 is 11.6 Å². The second-order valence-corrected chi connectivity index (χ2v) is 6.06. The Kier molecular flexibility index (Phi) is 6.48. The van der Waals surface area contributed by atoms with E-state index in [0.717, 1.165) is 16.9 Å². The first-order chi connectivity index (χ1) is 11.0. The number of hydrogen-bond donors (Lipinski definition) is 1. The molecule has 0 saturated carbocycles. The van der Waals surface area contributed by atoms with Crippen molar-refractivity contribution >= 4 is 17.5 Å². The number of amides is 1. The van der Waals surface area contributed by atoms with E-state index < -0.39 is 0 Å². The van der Waals surface area contributed by atoms with E-state index in [1.54, 1.807) is 6.07 Å². The average molecular weight is 332 g/mol. The van der Waals surface area contributed by atoms with Crippen LogP contribution in [0.3, 0.4) is 0 Å². The topological polar surface area (TPSA) is 38.3 Å². The Hall–Kier alpha value is -2.00. The number of hydrogen-bond acceptors (Lipinski definition) is 2. The lowest BCUT2D eigenvalue weighted by atomic mass is 10.1. The molecule has 0 aliphatic heterocycles. The average Bonchev–Trinajstić information content (AvgIpc) is 2.52. The Morgan fingerprint density at radius 3 is 2.57 bits per heavy atom. The van der Waals surface area contributed by atoms with Gasteiger partial charge < -0.3 is 10.1 Å². The van der Waals surface area contributed by atoms with Crippen LogP contribution in [-0.4, -0.2) is 12.5 Å². The summed E-state index contributed by atoms with van der Waals surface area (Å²) in [5.74, 6) is 0.858. The highest BCUT2D eigenvalue weighted by Gasteiger charge is 2.03. The molecule has 0 atom stereocenters. The van der Waals surface area contributed by atoms with Gasteiger partial charge in [-0.1, -0.05) is 41.4 Å². The predicted molar refractivity (Wildman–Crippen MR) is 93.9 cm³/mol. The fourth-order valence-corrected chi connectivity index (χ4v) is 2.41. The van der Waals surface area contributed by atoms with E-state index in [0.29, 0.717) is 31.0 Å². The zero-order valence-corrected chi connectivity index (χ0v) is 14.3. The van der Waals surface area contributed by atoms with Crippen LogP contribution in [0.5, 0.6) is 5.75 Å². The van der Waals surface area contributed by atoms with Gasteiger partial charge in [0.1, 0.15) is 5.75 Å². The van der Waals surface area contributed by atoms with Crippen LogP contribution in [0.2, 0.25) is 5.02 Å². The van der Waals surface area contributed by atoms with Crippen LogP contribution in [0.15, 0.2) is 42.5 Å². The molecule has 0 aromatic heterocycles. The third-order valence-corrected chi connectivity index (χ3v) is 3.79. The first kappa shape index (κ1) is 17.4. The maximum Gasteiger partial charge on any atom is 0.220 e. The van der Waals surface area contributed by atoms with E-state index in [-0.39, 0.29) is 5.91 Å². The first-order valence-electron chi connectivity index (χ1n) is 7.76. The molecule has 1 N–H and O–H groups in total. The van der Waals surface area contributed by atoms with E-state index in [9.17, 15) is 4.79 Å². The van der Waals surface area contributed by atoms with Crippen molar-refractivity contribution in [3.8, 4) is 5.75 Å². The molecule has 0 heterocycles. The van der Waals surface area contributed by atoms with Gasteiger partial charge in [-0.15, -0.1) is 0 Å². The smallest absolute Gasteiger partial charge is 0.220 e. The summed E-state index contributed by atoms with van der Waals surface area (Å²) < 4.78 is 5.68. The number of carbonyl (C=O) groups is 1. The van der Waals surface area contributed by atoms with Gasteiger partial charge >= 0.3 is 0 Å². The second-order valence-electron chi connectivity index (χ2n) is 5.62. The van der Waals surface area contributed by atoms with E-state index in [4.69, 9.17) is 16.3 Å². The van der Waals surface area contributed by atoms with Gasteiger partial charge in [-0.3, -0.25) is 4.79 Å². The minimum absolute atomic E-state index is 0.0435. The van der Waals surface area contributed by atoms with Crippen molar-refractivity contribution in [2.45, 2.75) is 33.2 Å². The lowest BCUT2D eigenvalue weighted by Crippen LogP contribution is -2.22. The molecule has 0 unspecified atom stereocenters. The first-order valence-corrected chi connectivity index (χ1v) is 8.13. The number of aryl methyl sites for hydroxylation is 2. The second kappa shape index (κ2) is 8.59. The molecule has 1 amide bonds. The Morgan fingerprint density at radius 1 is 1.13 bits per heavy atom. The molecule has 0 aliphatic rings. The number of ether oxygens (including phenoxy) is 1. The van der Waals surface area contributed by atoms with Crippen LogP contribution in [0, 0.1) is 13.8 Å². The maximum atomic E-state index is 11.8. The van der Waals surface area contributed by atoms with Crippen molar-refractivity contribution in [1.82, 2.24) is 5.32 Å². The molecule has 2 aromatic rings. The largest absolute Gasteiger partial charge is 0.493 e. The molecule has 0 fully saturated rings. The summed E-state index contributed by atoms with van der Waals surface area (Å²) in [6, 6.07) is 13.7. The van der Waals surface area contributed by atoms with E-state index in [2.05, 4.69) is 5.32 Å². The third-order valence-electron chi connectivity index (χ3n) is 3.55. The van der Waals surface area contributed by atoms with Crippen molar-refractivity contribution < 1.29 is 9.53 Å². The lowest BCUT2D eigenvalue weighted by molar-refractivity contribution is -0.121. The molecule has 122 valence electrons. The van der Waals surface area contributed by atoms with Gasteiger partial charge in [-0.05, 0) is 49.6 Å². The highest BCUT2D eigenvalue weighted by atomic mass is 35.5. The fraction of sp³-hybridized carbons (Fsp3) is 0.316. The molecule has 23 heavy (non-hydrogen) atoms. The molecule has 3 nitrogen and oxygen atoms in total. The normalized spacial score (nSPS) is 10.4. The van der Waals surface area contributed by atoms with Crippen LogP contribution in [-0.2, 0) is 11.3 Å². The molecule has 4 heteroatoms. The van der Waals surface area contributed by atoms with Crippen LogP contribution < -0.4 is 10.1 Å². The van der Waals surface area contributed by atoms with Gasteiger partial charge in [-0.2, -0.15) is 0 Å². The van der Waals surface area contributed by atoms with Crippen molar-refractivity contribution in [3.63, 3.8) is 0 Å². The van der Waals surface area contributed by atoms with Crippen molar-refractivity contribution in [2.75, 3.05) is 6.61 Å². The molecule has 0 saturated heterocycles. The SMILES string of the molecule is Cc1ccc(CNC(=O)CCCOc2ccc(Cl)cc2C)cc1. The fourth-order valence-electron chi connectivity index (χ4n) is 2.18. The Morgan fingerprint density at radius 2 is 1.87 bits per heavy atom. The standard InChI is InChI=1S/C19H22ClNO2/c1-14-5-7-16(8-6-14)13-21-19(22)4-3-11-23-18-10-9-17(20)12-15(18)2/h5-10,12H,3-4,11,13H2,1-2H3,(H,21,22). The van der Waals surface area contributed by atoms with Crippen molar-refractivity contribution in [2.24, 2.45) is 0 Å². The number of halogens is 1. The highest BCUT2D eigenvalue weighted by Crippen LogP contribution is 2.21. The minimum atomic E-state index is 0.0435. The predicted octanol–water partition coefficient (Wildman–Crippen LogP) is 4.43. The summed E-state index contributed by atoms with van der Waals surface area (Å²) in [6.07, 6.45) is 1.14. The summed E-state index contributed by atoms with van der Waals surface area (Å²) in [5, 5.41) is 3.62. The molecular weight excluding hydrogens is 310 g/mol. The number of benzene rings is 2. The summed E-state index contributed by atoms with van der Waals surface area (Å²) in [5.41, 5.74) is 3.33. The molecule has 0 aliphatic carbocycles. The molecule has 0 radical (unpaired) electrons. The van der Waals surface area contributed by atoms with E-state index in [1.165, 1.54) is 5.56 Å². The number of nitrogens with one attached hydrogen (secondary N) is 1. The molecule has 0 spiro atoms. The summed E-state index contributed by atoms with van der Waals surface area (Å²) in [4.78, 5) is 11.8. The van der Waals surface area contributed by atoms with Gasteiger partial charge in [0.25, 0.3) is 0 Å². The zero-order chi connectivity index (χ0) is 16.7. The van der Waals surface area contributed by atoms with Gasteiger partial charge in [-0.25, -0.2) is 0 Å². The quantitative estimate of drug-likeness (QED) is 0.762. The van der Waals surface area contributed by atoms with Gasteiger partial charge in [0, 0.05) is 18.0 Å². The van der Waals surface area contributed by atoms with E-state index >= 15 is 0 Å². The minimum Gasteiger partial charge on any atom is -0.493 e. The van der Waals surface area contributed by atoms with Crippen molar-refractivity contribution in [1.29, 1.82) is 0 Å². The summed E-state index contributed by atoms with van der Waals surface area (Å²) in [6.45, 7) is 5.08. The third kappa shape index (κ3) is 5.95. The number of rotatable bonds is 7. The van der Waals surface area contributed by atoms with E-state index in [1.807, 2.05) is 50.2 Å². The number of carbonyl (C=O) groups excluding carboxylic acids is 1. The van der Waals surface area contributed by atoms with Crippen LogP contribution in [0.25, 0.3) is 0 Å². The Labute approximate surface area is 142 Å². The zero-order valence-electron chi connectivity index (χ0n) is 13.6. The van der Waals surface area contributed by atoms with Gasteiger partial charge in [0.2, 0.25) is 5.91 Å². The molecule has 2 rings (SSSR count). The Balaban J connectivity index is 1.65. The maximum absolute atomic E-state index is 11.8. The Bertz CT molecular complexity index is 653.